The molecule has 2 rings (SSSR count). The Labute approximate surface area is 116 Å². The molecule has 0 aliphatic carbocycles. The van der Waals surface area contributed by atoms with Crippen LogP contribution >= 0.6 is 23.2 Å². The van der Waals surface area contributed by atoms with Crippen molar-refractivity contribution in [3.63, 3.8) is 0 Å². The van der Waals surface area contributed by atoms with Crippen LogP contribution in [0.5, 0.6) is 0 Å². The molecule has 4 nitrogen and oxygen atoms in total. The number of carbonyl (C=O) groups excluding carboxylic acids is 1. The fourth-order valence-corrected chi connectivity index (χ4v) is 2.48. The quantitative estimate of drug-likeness (QED) is 0.783. The number of hydrogen-bond donors (Lipinski definition) is 3. The van der Waals surface area contributed by atoms with Crippen molar-refractivity contribution in [2.24, 2.45) is 0 Å². The molecule has 1 atom stereocenters. The van der Waals surface area contributed by atoms with E-state index in [0.29, 0.717) is 15.7 Å². The molecule has 98 valence electrons. The summed E-state index contributed by atoms with van der Waals surface area (Å²) in [5.74, 6) is 0. The summed E-state index contributed by atoms with van der Waals surface area (Å²) >= 11 is 11.7. The van der Waals surface area contributed by atoms with Crippen LogP contribution in [0.2, 0.25) is 10.0 Å². The highest BCUT2D eigenvalue weighted by Crippen LogP contribution is 2.22. The predicted molar refractivity (Wildman–Crippen MR) is 74.5 cm³/mol. The van der Waals surface area contributed by atoms with E-state index in [9.17, 15) is 4.79 Å². The van der Waals surface area contributed by atoms with Gasteiger partial charge in [-0.25, -0.2) is 4.79 Å². The van der Waals surface area contributed by atoms with Gasteiger partial charge in [0.25, 0.3) is 0 Å². The molecule has 1 fully saturated rings. The number of rotatable bonds is 2. The van der Waals surface area contributed by atoms with E-state index >= 15 is 0 Å². The molecule has 0 spiro atoms. The van der Waals surface area contributed by atoms with Gasteiger partial charge in [-0.1, -0.05) is 23.2 Å². The van der Waals surface area contributed by atoms with Gasteiger partial charge in [0, 0.05) is 28.3 Å². The van der Waals surface area contributed by atoms with Crippen LogP contribution in [0, 0.1) is 0 Å². The van der Waals surface area contributed by atoms with Crippen molar-refractivity contribution in [3.05, 3.63) is 28.2 Å². The zero-order valence-electron chi connectivity index (χ0n) is 9.80. The molecule has 1 unspecified atom stereocenters. The Morgan fingerprint density at radius 1 is 1.28 bits per heavy atom. The highest BCUT2D eigenvalue weighted by Gasteiger charge is 2.15. The minimum absolute atomic E-state index is 0.174. The Morgan fingerprint density at radius 2 is 2.00 bits per heavy atom. The van der Waals surface area contributed by atoms with Crippen LogP contribution in [-0.2, 0) is 0 Å². The molecule has 18 heavy (non-hydrogen) atoms. The monoisotopic (exact) mass is 287 g/mol. The topological polar surface area (TPSA) is 53.2 Å². The number of benzene rings is 1. The molecule has 1 heterocycles. The average molecular weight is 288 g/mol. The number of carbonyl (C=O) groups is 1. The van der Waals surface area contributed by atoms with Gasteiger partial charge in [0.15, 0.2) is 0 Å². The van der Waals surface area contributed by atoms with Crippen LogP contribution in [-0.4, -0.2) is 25.2 Å². The number of anilines is 1. The summed E-state index contributed by atoms with van der Waals surface area (Å²) in [5.41, 5.74) is 0.591. The zero-order chi connectivity index (χ0) is 13.0. The normalized spacial score (nSPS) is 19.3. The Bertz CT molecular complexity index is 413. The van der Waals surface area contributed by atoms with Gasteiger partial charge in [-0.15, -0.1) is 0 Å². The van der Waals surface area contributed by atoms with Gasteiger partial charge < -0.3 is 16.0 Å². The van der Waals surface area contributed by atoms with Gasteiger partial charge in [0.2, 0.25) is 0 Å². The maximum Gasteiger partial charge on any atom is 0.319 e. The maximum absolute atomic E-state index is 11.8. The number of piperidine rings is 1. The molecule has 6 heteroatoms. The molecule has 1 aromatic carbocycles. The second-order valence-corrected chi connectivity index (χ2v) is 5.17. The Morgan fingerprint density at radius 3 is 2.61 bits per heavy atom. The molecule has 1 aromatic rings. The number of amides is 2. The van der Waals surface area contributed by atoms with E-state index in [-0.39, 0.29) is 12.1 Å². The largest absolute Gasteiger partial charge is 0.334 e. The lowest BCUT2D eigenvalue weighted by molar-refractivity contribution is 0.245. The minimum Gasteiger partial charge on any atom is -0.334 e. The highest BCUT2D eigenvalue weighted by molar-refractivity contribution is 6.35. The number of nitrogens with one attached hydrogen (secondary N) is 3. The Kier molecular flexibility index (Phi) is 4.69. The summed E-state index contributed by atoms with van der Waals surface area (Å²) in [5, 5.41) is 9.86. The van der Waals surface area contributed by atoms with E-state index in [1.807, 2.05) is 0 Å². The van der Waals surface area contributed by atoms with Crippen molar-refractivity contribution >= 4 is 34.9 Å². The SMILES string of the molecule is O=C(Nc1cc(Cl)cc(Cl)c1)NC1CCCNC1. The van der Waals surface area contributed by atoms with E-state index in [1.165, 1.54) is 0 Å². The lowest BCUT2D eigenvalue weighted by Gasteiger charge is -2.23. The molecule has 1 saturated heterocycles. The van der Waals surface area contributed by atoms with Crippen LogP contribution in [0.1, 0.15) is 12.8 Å². The standard InChI is InChI=1S/C12H15Cl2N3O/c13-8-4-9(14)6-11(5-8)17-12(18)16-10-2-1-3-15-7-10/h4-6,10,15H,1-3,7H2,(H2,16,17,18). The van der Waals surface area contributed by atoms with E-state index in [0.717, 1.165) is 25.9 Å². The Hall–Kier alpha value is -0.970. The van der Waals surface area contributed by atoms with Crippen LogP contribution in [0.25, 0.3) is 0 Å². The smallest absolute Gasteiger partial charge is 0.319 e. The van der Waals surface area contributed by atoms with Gasteiger partial charge >= 0.3 is 6.03 Å². The summed E-state index contributed by atoms with van der Waals surface area (Å²) in [6.07, 6.45) is 2.07. The predicted octanol–water partition coefficient (Wildman–Crippen LogP) is 2.87. The first kappa shape index (κ1) is 13.5. The molecule has 1 aliphatic rings. The highest BCUT2D eigenvalue weighted by atomic mass is 35.5. The number of halogens is 2. The Balaban J connectivity index is 1.89. The molecule has 0 saturated carbocycles. The molecule has 3 N–H and O–H groups in total. The van der Waals surface area contributed by atoms with Gasteiger partial charge in [0.05, 0.1) is 0 Å². The third-order valence-electron chi connectivity index (χ3n) is 2.75. The molecule has 1 aliphatic heterocycles. The second-order valence-electron chi connectivity index (χ2n) is 4.30. The van der Waals surface area contributed by atoms with Crippen molar-refractivity contribution in [3.8, 4) is 0 Å². The number of hydrogen-bond acceptors (Lipinski definition) is 2. The molecule has 0 aromatic heterocycles. The van der Waals surface area contributed by atoms with Crippen molar-refractivity contribution in [2.75, 3.05) is 18.4 Å². The van der Waals surface area contributed by atoms with Gasteiger partial charge in [-0.2, -0.15) is 0 Å². The van der Waals surface area contributed by atoms with Crippen LogP contribution in [0.4, 0.5) is 10.5 Å². The van der Waals surface area contributed by atoms with E-state index < -0.39 is 0 Å². The number of urea groups is 1. The maximum atomic E-state index is 11.8. The van der Waals surface area contributed by atoms with Crippen molar-refractivity contribution in [2.45, 2.75) is 18.9 Å². The van der Waals surface area contributed by atoms with Crippen LogP contribution in [0.15, 0.2) is 18.2 Å². The molecule has 2 amide bonds. The first-order chi connectivity index (χ1) is 8.63. The first-order valence-corrected chi connectivity index (χ1v) is 6.63. The molecule has 0 bridgehead atoms. The summed E-state index contributed by atoms with van der Waals surface area (Å²) in [6.45, 7) is 1.83. The van der Waals surface area contributed by atoms with Crippen LogP contribution < -0.4 is 16.0 Å². The fraction of sp³-hybridized carbons (Fsp3) is 0.417. The average Bonchev–Trinajstić information content (AvgIpc) is 2.28. The van der Waals surface area contributed by atoms with E-state index in [2.05, 4.69) is 16.0 Å². The van der Waals surface area contributed by atoms with Crippen molar-refractivity contribution in [1.82, 2.24) is 10.6 Å². The lowest BCUT2D eigenvalue weighted by atomic mass is 10.1. The van der Waals surface area contributed by atoms with Crippen molar-refractivity contribution in [1.29, 1.82) is 0 Å². The second kappa shape index (κ2) is 6.27. The molecular weight excluding hydrogens is 273 g/mol. The van der Waals surface area contributed by atoms with E-state index in [1.54, 1.807) is 18.2 Å². The first-order valence-electron chi connectivity index (χ1n) is 5.88. The molecular formula is C12H15Cl2N3O. The van der Waals surface area contributed by atoms with Crippen molar-refractivity contribution < 1.29 is 4.79 Å². The molecule has 0 radical (unpaired) electrons. The summed E-state index contributed by atoms with van der Waals surface area (Å²) in [6, 6.07) is 4.88. The summed E-state index contributed by atoms with van der Waals surface area (Å²) < 4.78 is 0. The van der Waals surface area contributed by atoms with Crippen LogP contribution in [0.3, 0.4) is 0 Å². The third-order valence-corrected chi connectivity index (χ3v) is 3.19. The fourth-order valence-electron chi connectivity index (χ4n) is 1.95. The van der Waals surface area contributed by atoms with E-state index in [4.69, 9.17) is 23.2 Å². The lowest BCUT2D eigenvalue weighted by Crippen LogP contribution is -2.47. The zero-order valence-corrected chi connectivity index (χ0v) is 11.3. The van der Waals surface area contributed by atoms with Gasteiger partial charge in [0.1, 0.15) is 0 Å². The summed E-state index contributed by atoms with van der Waals surface area (Å²) in [4.78, 5) is 11.8. The van der Waals surface area contributed by atoms with Gasteiger partial charge in [-0.05, 0) is 37.6 Å². The van der Waals surface area contributed by atoms with Gasteiger partial charge in [-0.3, -0.25) is 0 Å². The minimum atomic E-state index is -0.234. The summed E-state index contributed by atoms with van der Waals surface area (Å²) in [7, 11) is 0. The third kappa shape index (κ3) is 4.05.